The van der Waals surface area contributed by atoms with Gasteiger partial charge in [0.2, 0.25) is 10.0 Å². The molecule has 0 radical (unpaired) electrons. The number of nitrogens with two attached hydrogens (primary N) is 1. The number of benzene rings is 1. The van der Waals surface area contributed by atoms with Crippen molar-refractivity contribution < 1.29 is 8.42 Å². The zero-order valence-corrected chi connectivity index (χ0v) is 13.9. The van der Waals surface area contributed by atoms with Crippen molar-refractivity contribution in [1.29, 1.82) is 0 Å². The Morgan fingerprint density at radius 3 is 2.33 bits per heavy atom. The van der Waals surface area contributed by atoms with Crippen LogP contribution in [0.4, 0.5) is 0 Å². The van der Waals surface area contributed by atoms with Crippen LogP contribution >= 0.6 is 23.2 Å². The van der Waals surface area contributed by atoms with E-state index in [0.717, 1.165) is 25.7 Å². The zero-order chi connectivity index (χ0) is 15.2. The van der Waals surface area contributed by atoms with Crippen molar-refractivity contribution in [3.8, 4) is 0 Å². The molecule has 0 aliphatic heterocycles. The molecule has 0 amide bonds. The van der Waals surface area contributed by atoms with E-state index in [1.165, 1.54) is 12.1 Å². The Morgan fingerprint density at radius 1 is 1.14 bits per heavy atom. The molecule has 0 aromatic heterocycles. The van der Waals surface area contributed by atoms with Crippen LogP contribution < -0.4 is 5.73 Å². The number of rotatable bonds is 6. The van der Waals surface area contributed by atoms with Crippen LogP contribution in [0, 0.1) is 5.92 Å². The molecule has 1 aromatic rings. The summed E-state index contributed by atoms with van der Waals surface area (Å²) >= 11 is 12.2. The van der Waals surface area contributed by atoms with E-state index in [1.54, 1.807) is 4.31 Å². The summed E-state index contributed by atoms with van der Waals surface area (Å²) in [4.78, 5) is 0.126. The van der Waals surface area contributed by atoms with E-state index in [1.807, 2.05) is 0 Å². The lowest BCUT2D eigenvalue weighted by Gasteiger charge is -2.23. The maximum absolute atomic E-state index is 12.9. The molecule has 3 rings (SSSR count). The molecule has 21 heavy (non-hydrogen) atoms. The van der Waals surface area contributed by atoms with Gasteiger partial charge >= 0.3 is 0 Å². The van der Waals surface area contributed by atoms with Gasteiger partial charge in [0.05, 0.1) is 5.02 Å². The number of nitrogens with zero attached hydrogens (tertiary/aromatic N) is 1. The van der Waals surface area contributed by atoms with Gasteiger partial charge in [-0.25, -0.2) is 8.42 Å². The number of sulfonamides is 1. The van der Waals surface area contributed by atoms with Crippen molar-refractivity contribution in [1.82, 2.24) is 4.31 Å². The van der Waals surface area contributed by atoms with Crippen LogP contribution in [0.5, 0.6) is 0 Å². The molecule has 2 N–H and O–H groups in total. The van der Waals surface area contributed by atoms with E-state index in [9.17, 15) is 8.42 Å². The Labute approximate surface area is 135 Å². The highest BCUT2D eigenvalue weighted by Gasteiger charge is 2.41. The fraction of sp³-hybridized carbons (Fsp3) is 0.571. The van der Waals surface area contributed by atoms with Crippen molar-refractivity contribution in [2.45, 2.75) is 43.2 Å². The van der Waals surface area contributed by atoms with Crippen molar-refractivity contribution in [3.63, 3.8) is 0 Å². The van der Waals surface area contributed by atoms with E-state index in [2.05, 4.69) is 0 Å². The lowest BCUT2D eigenvalue weighted by Crippen LogP contribution is -2.35. The van der Waals surface area contributed by atoms with Crippen LogP contribution in [-0.2, 0) is 16.6 Å². The van der Waals surface area contributed by atoms with Gasteiger partial charge in [0.25, 0.3) is 0 Å². The van der Waals surface area contributed by atoms with Crippen molar-refractivity contribution >= 4 is 33.2 Å². The predicted octanol–water partition coefficient (Wildman–Crippen LogP) is 3.02. The van der Waals surface area contributed by atoms with Crippen LogP contribution in [0.3, 0.4) is 0 Å². The van der Waals surface area contributed by atoms with Crippen LogP contribution in [0.2, 0.25) is 10.0 Å². The Morgan fingerprint density at radius 2 is 1.81 bits per heavy atom. The molecule has 0 bridgehead atoms. The first-order valence-electron chi connectivity index (χ1n) is 7.13. The average Bonchev–Trinajstić information content (AvgIpc) is 3.28. The zero-order valence-electron chi connectivity index (χ0n) is 11.6. The lowest BCUT2D eigenvalue weighted by molar-refractivity contribution is 0.389. The van der Waals surface area contributed by atoms with Crippen LogP contribution in [0.15, 0.2) is 17.0 Å². The summed E-state index contributed by atoms with van der Waals surface area (Å²) in [6.45, 7) is 0.786. The molecular formula is C14H18Cl2N2O2S. The average molecular weight is 349 g/mol. The normalized spacial score (nSPS) is 19.2. The second-order valence-corrected chi connectivity index (χ2v) is 8.50. The predicted molar refractivity (Wildman–Crippen MR) is 84.0 cm³/mol. The molecular weight excluding hydrogens is 331 g/mol. The minimum absolute atomic E-state index is 0.126. The summed E-state index contributed by atoms with van der Waals surface area (Å²) < 4.78 is 27.5. The molecule has 2 fully saturated rings. The summed E-state index contributed by atoms with van der Waals surface area (Å²) in [6, 6.07) is 3.12. The smallest absolute Gasteiger partial charge is 0.244 e. The van der Waals surface area contributed by atoms with Gasteiger partial charge in [-0.1, -0.05) is 23.2 Å². The first kappa shape index (κ1) is 15.6. The van der Waals surface area contributed by atoms with Gasteiger partial charge < -0.3 is 5.73 Å². The topological polar surface area (TPSA) is 63.4 Å². The van der Waals surface area contributed by atoms with Gasteiger partial charge in [0.15, 0.2) is 0 Å². The minimum atomic E-state index is -3.59. The molecule has 2 saturated carbocycles. The molecule has 7 heteroatoms. The summed E-state index contributed by atoms with van der Waals surface area (Å²) in [7, 11) is -3.59. The monoisotopic (exact) mass is 348 g/mol. The minimum Gasteiger partial charge on any atom is -0.326 e. The third kappa shape index (κ3) is 3.22. The first-order chi connectivity index (χ1) is 9.93. The maximum Gasteiger partial charge on any atom is 0.244 e. The highest BCUT2D eigenvalue weighted by Crippen LogP contribution is 2.40. The van der Waals surface area contributed by atoms with Gasteiger partial charge in [-0.05, 0) is 49.3 Å². The van der Waals surface area contributed by atoms with Crippen molar-refractivity contribution in [3.05, 3.63) is 27.7 Å². The highest BCUT2D eigenvalue weighted by molar-refractivity contribution is 7.89. The van der Waals surface area contributed by atoms with Crippen LogP contribution in [0.1, 0.15) is 31.2 Å². The highest BCUT2D eigenvalue weighted by atomic mass is 35.5. The lowest BCUT2D eigenvalue weighted by atomic mass is 10.2. The molecule has 0 heterocycles. The number of halogens is 2. The summed E-state index contributed by atoms with van der Waals surface area (Å²) in [6.07, 6.45) is 4.09. The molecule has 0 spiro atoms. The van der Waals surface area contributed by atoms with Gasteiger partial charge in [-0.15, -0.1) is 0 Å². The molecule has 2 aliphatic rings. The van der Waals surface area contributed by atoms with E-state index in [4.69, 9.17) is 28.9 Å². The third-order valence-electron chi connectivity index (χ3n) is 4.00. The first-order valence-corrected chi connectivity index (χ1v) is 9.33. The number of hydrogen-bond donors (Lipinski definition) is 1. The Hall–Kier alpha value is -0.330. The van der Waals surface area contributed by atoms with Gasteiger partial charge in [0, 0.05) is 24.2 Å². The summed E-state index contributed by atoms with van der Waals surface area (Å²) in [5.41, 5.74) is 6.21. The maximum atomic E-state index is 12.9. The van der Waals surface area contributed by atoms with E-state index in [0.29, 0.717) is 23.0 Å². The van der Waals surface area contributed by atoms with Crippen molar-refractivity contribution in [2.75, 3.05) is 6.54 Å². The van der Waals surface area contributed by atoms with Gasteiger partial charge in [-0.2, -0.15) is 4.31 Å². The second kappa shape index (κ2) is 5.70. The van der Waals surface area contributed by atoms with Gasteiger partial charge in [-0.3, -0.25) is 0 Å². The standard InChI is InChI=1S/C14H18Cl2N2O2S/c15-12-6-13(16)14(5-10(12)7-17)21(19,20)18(11-3-4-11)8-9-1-2-9/h5-6,9,11H,1-4,7-8,17H2. The van der Waals surface area contributed by atoms with Crippen LogP contribution in [0.25, 0.3) is 0 Å². The van der Waals surface area contributed by atoms with E-state index >= 15 is 0 Å². The molecule has 4 nitrogen and oxygen atoms in total. The quantitative estimate of drug-likeness (QED) is 0.859. The molecule has 0 saturated heterocycles. The Kier molecular flexibility index (Phi) is 4.23. The second-order valence-electron chi connectivity index (χ2n) is 5.83. The van der Waals surface area contributed by atoms with Crippen LogP contribution in [-0.4, -0.2) is 25.3 Å². The SMILES string of the molecule is NCc1cc(S(=O)(=O)N(CC2CC2)C2CC2)c(Cl)cc1Cl. The fourth-order valence-electron chi connectivity index (χ4n) is 2.41. The Bertz CT molecular complexity index is 655. The summed E-state index contributed by atoms with van der Waals surface area (Å²) in [5.74, 6) is 0.500. The summed E-state index contributed by atoms with van der Waals surface area (Å²) in [5, 5.41) is 0.570. The molecule has 0 atom stereocenters. The fourth-order valence-corrected chi connectivity index (χ4v) is 5.02. The molecule has 0 unspecified atom stereocenters. The molecule has 1 aromatic carbocycles. The van der Waals surface area contributed by atoms with Crippen molar-refractivity contribution in [2.24, 2.45) is 11.7 Å². The largest absolute Gasteiger partial charge is 0.326 e. The third-order valence-corrected chi connectivity index (χ3v) is 6.73. The molecule has 116 valence electrons. The number of hydrogen-bond acceptors (Lipinski definition) is 3. The van der Waals surface area contributed by atoms with E-state index < -0.39 is 10.0 Å². The Balaban J connectivity index is 1.99. The van der Waals surface area contributed by atoms with Gasteiger partial charge in [0.1, 0.15) is 4.90 Å². The molecule has 2 aliphatic carbocycles. The van der Waals surface area contributed by atoms with E-state index in [-0.39, 0.29) is 22.5 Å².